The molecule has 8 heteroatoms. The largest absolute Gasteiger partial charge is 0.342 e. The molecule has 0 aliphatic carbocycles. The number of aromatic nitrogens is 4. The summed E-state index contributed by atoms with van der Waals surface area (Å²) in [6.45, 7) is 8.23. The van der Waals surface area contributed by atoms with Crippen LogP contribution in [0.4, 0.5) is 0 Å². The number of aryl methyl sites for hydroxylation is 1. The molecule has 1 aliphatic rings. The van der Waals surface area contributed by atoms with Crippen LogP contribution in [-0.2, 0) is 17.8 Å². The van der Waals surface area contributed by atoms with Gasteiger partial charge in [-0.1, -0.05) is 13.8 Å². The Balaban J connectivity index is 1.57. The number of H-pyrrole nitrogens is 2. The van der Waals surface area contributed by atoms with Crippen molar-refractivity contribution in [1.82, 2.24) is 24.4 Å². The second-order valence-corrected chi connectivity index (χ2v) is 7.61. The van der Waals surface area contributed by atoms with E-state index in [1.54, 1.807) is 6.92 Å². The number of hydrogen-bond acceptors (Lipinski definition) is 4. The first-order valence-corrected chi connectivity index (χ1v) is 9.46. The Morgan fingerprint density at radius 2 is 1.96 bits per heavy atom. The molecule has 2 aromatic heterocycles. The van der Waals surface area contributed by atoms with Crippen LogP contribution >= 0.6 is 0 Å². The lowest BCUT2D eigenvalue weighted by Gasteiger charge is -2.32. The van der Waals surface area contributed by atoms with Gasteiger partial charge in [0.05, 0.1) is 6.42 Å². The smallest absolute Gasteiger partial charge is 0.325 e. The molecule has 27 heavy (non-hydrogen) atoms. The summed E-state index contributed by atoms with van der Waals surface area (Å²) in [6, 6.07) is 0. The molecule has 3 rings (SSSR count). The minimum Gasteiger partial charge on any atom is -0.342 e. The topological polar surface area (TPSA) is 104 Å². The van der Waals surface area contributed by atoms with E-state index in [1.165, 1.54) is 0 Å². The van der Waals surface area contributed by atoms with Gasteiger partial charge in [0, 0.05) is 49.2 Å². The molecular formula is C19H27N5O3. The summed E-state index contributed by atoms with van der Waals surface area (Å²) in [5.41, 5.74) is -0.245. The molecule has 0 atom stereocenters. The maximum atomic E-state index is 12.6. The third-order valence-corrected chi connectivity index (χ3v) is 5.27. The number of carbonyl (C=O) groups excluding carboxylic acids is 1. The van der Waals surface area contributed by atoms with E-state index in [2.05, 4.69) is 33.4 Å². The fraction of sp³-hybridized carbons (Fsp3) is 0.579. The number of hydrogen-bond donors (Lipinski definition) is 2. The van der Waals surface area contributed by atoms with Crippen LogP contribution < -0.4 is 11.2 Å². The number of carbonyl (C=O) groups is 1. The minimum absolute atomic E-state index is 0.0155. The average molecular weight is 373 g/mol. The summed E-state index contributed by atoms with van der Waals surface area (Å²) in [5, 5.41) is 0. The summed E-state index contributed by atoms with van der Waals surface area (Å²) in [4.78, 5) is 46.8. The van der Waals surface area contributed by atoms with Gasteiger partial charge in [0.25, 0.3) is 5.56 Å². The quantitative estimate of drug-likeness (QED) is 0.821. The summed E-state index contributed by atoms with van der Waals surface area (Å²) in [6.07, 6.45) is 5.75. The number of nitrogens with zero attached hydrogens (tertiary/aromatic N) is 3. The van der Waals surface area contributed by atoms with Crippen molar-refractivity contribution in [3.05, 3.63) is 50.3 Å². The van der Waals surface area contributed by atoms with Crippen LogP contribution in [0.5, 0.6) is 0 Å². The highest BCUT2D eigenvalue weighted by Gasteiger charge is 2.25. The molecule has 0 aromatic carbocycles. The van der Waals surface area contributed by atoms with Crippen LogP contribution in [0.3, 0.4) is 0 Å². The number of rotatable bonds is 5. The molecule has 2 N–H and O–H groups in total. The van der Waals surface area contributed by atoms with Gasteiger partial charge in [0.1, 0.15) is 5.82 Å². The average Bonchev–Trinajstić information content (AvgIpc) is 3.07. The van der Waals surface area contributed by atoms with Crippen molar-refractivity contribution in [3.8, 4) is 0 Å². The minimum atomic E-state index is -0.546. The molecule has 2 aromatic rings. The predicted molar refractivity (Wildman–Crippen MR) is 102 cm³/mol. The van der Waals surface area contributed by atoms with Gasteiger partial charge in [-0.05, 0) is 25.7 Å². The number of amides is 1. The maximum Gasteiger partial charge on any atom is 0.325 e. The zero-order valence-corrected chi connectivity index (χ0v) is 16.1. The predicted octanol–water partition coefficient (Wildman–Crippen LogP) is 1.17. The summed E-state index contributed by atoms with van der Waals surface area (Å²) < 4.78 is 2.22. The number of likely N-dealkylation sites (tertiary alicyclic amines) is 1. The molecule has 0 radical (unpaired) electrons. The van der Waals surface area contributed by atoms with Crippen molar-refractivity contribution in [2.75, 3.05) is 13.1 Å². The van der Waals surface area contributed by atoms with E-state index >= 15 is 0 Å². The van der Waals surface area contributed by atoms with Gasteiger partial charge < -0.3 is 14.5 Å². The highest BCUT2D eigenvalue weighted by atomic mass is 16.2. The second kappa shape index (κ2) is 7.94. The van der Waals surface area contributed by atoms with Crippen molar-refractivity contribution < 1.29 is 4.79 Å². The number of imidazole rings is 1. The maximum absolute atomic E-state index is 12.6. The van der Waals surface area contributed by atoms with E-state index in [4.69, 9.17) is 0 Å². The van der Waals surface area contributed by atoms with E-state index in [1.807, 2.05) is 17.3 Å². The van der Waals surface area contributed by atoms with Crippen molar-refractivity contribution in [2.24, 2.45) is 5.92 Å². The molecule has 8 nitrogen and oxygen atoms in total. The van der Waals surface area contributed by atoms with Crippen molar-refractivity contribution in [3.63, 3.8) is 0 Å². The molecule has 1 fully saturated rings. The van der Waals surface area contributed by atoms with E-state index in [9.17, 15) is 14.4 Å². The lowest BCUT2D eigenvalue weighted by atomic mass is 9.96. The third-order valence-electron chi connectivity index (χ3n) is 5.27. The van der Waals surface area contributed by atoms with Crippen LogP contribution in [0.1, 0.15) is 49.7 Å². The summed E-state index contributed by atoms with van der Waals surface area (Å²) in [7, 11) is 0. The van der Waals surface area contributed by atoms with Crippen molar-refractivity contribution >= 4 is 5.91 Å². The molecule has 3 heterocycles. The van der Waals surface area contributed by atoms with Crippen LogP contribution in [0, 0.1) is 12.8 Å². The van der Waals surface area contributed by atoms with Gasteiger partial charge in [-0.3, -0.25) is 14.6 Å². The van der Waals surface area contributed by atoms with E-state index in [-0.39, 0.29) is 12.3 Å². The highest BCUT2D eigenvalue weighted by molar-refractivity contribution is 5.79. The van der Waals surface area contributed by atoms with Crippen LogP contribution in [0.25, 0.3) is 0 Å². The zero-order valence-electron chi connectivity index (χ0n) is 16.1. The summed E-state index contributed by atoms with van der Waals surface area (Å²) in [5.74, 6) is 1.93. The Bertz CT molecular complexity index is 916. The molecule has 1 aliphatic heterocycles. The number of piperidine rings is 1. The molecule has 0 saturated carbocycles. The highest BCUT2D eigenvalue weighted by Crippen LogP contribution is 2.22. The lowest BCUT2D eigenvalue weighted by Crippen LogP contribution is -2.41. The van der Waals surface area contributed by atoms with Crippen LogP contribution in [0.2, 0.25) is 0 Å². The molecule has 146 valence electrons. The first kappa shape index (κ1) is 19.1. The first-order chi connectivity index (χ1) is 12.8. The molecule has 0 unspecified atom stereocenters. The van der Waals surface area contributed by atoms with Gasteiger partial charge in [-0.2, -0.15) is 0 Å². The lowest BCUT2D eigenvalue weighted by molar-refractivity contribution is -0.131. The summed E-state index contributed by atoms with van der Waals surface area (Å²) >= 11 is 0. The van der Waals surface area contributed by atoms with Gasteiger partial charge in [0.2, 0.25) is 5.91 Å². The molecular weight excluding hydrogens is 346 g/mol. The van der Waals surface area contributed by atoms with Gasteiger partial charge >= 0.3 is 5.69 Å². The van der Waals surface area contributed by atoms with Gasteiger partial charge in [-0.25, -0.2) is 9.78 Å². The number of aromatic amines is 2. The Labute approximate surface area is 157 Å². The van der Waals surface area contributed by atoms with Crippen molar-refractivity contribution in [2.45, 2.75) is 52.5 Å². The Hall–Kier alpha value is -2.64. The standard InChI is InChI=1S/C19H27N5O3/c1-12(2)17-20-6-9-24(17)11-14-4-7-23(8-5-14)16(25)10-15-13(3)21-19(27)22-18(15)26/h6,9,12,14H,4-5,7-8,10-11H2,1-3H3,(H2,21,22,26,27). The van der Waals surface area contributed by atoms with Crippen LogP contribution in [-0.4, -0.2) is 43.4 Å². The Morgan fingerprint density at radius 1 is 1.26 bits per heavy atom. The normalized spacial score (nSPS) is 15.5. The van der Waals surface area contributed by atoms with E-state index < -0.39 is 11.2 Å². The van der Waals surface area contributed by atoms with Gasteiger partial charge in [0.15, 0.2) is 0 Å². The Kier molecular flexibility index (Phi) is 5.62. The molecule has 0 spiro atoms. The fourth-order valence-corrected chi connectivity index (χ4v) is 3.72. The number of nitrogens with one attached hydrogen (secondary N) is 2. The van der Waals surface area contributed by atoms with E-state index in [0.717, 1.165) is 25.2 Å². The van der Waals surface area contributed by atoms with Crippen molar-refractivity contribution in [1.29, 1.82) is 0 Å². The first-order valence-electron chi connectivity index (χ1n) is 9.46. The molecule has 0 bridgehead atoms. The third kappa shape index (κ3) is 4.37. The fourth-order valence-electron chi connectivity index (χ4n) is 3.72. The van der Waals surface area contributed by atoms with Gasteiger partial charge in [-0.15, -0.1) is 0 Å². The zero-order chi connectivity index (χ0) is 19.6. The van der Waals surface area contributed by atoms with E-state index in [0.29, 0.717) is 36.2 Å². The molecule has 1 saturated heterocycles. The SMILES string of the molecule is Cc1[nH]c(=O)[nH]c(=O)c1CC(=O)N1CCC(Cn2ccnc2C(C)C)CC1. The van der Waals surface area contributed by atoms with Crippen LogP contribution in [0.15, 0.2) is 22.0 Å². The second-order valence-electron chi connectivity index (χ2n) is 7.61. The molecule has 1 amide bonds. The Morgan fingerprint density at radius 3 is 2.59 bits per heavy atom. The monoisotopic (exact) mass is 373 g/mol.